The highest BCUT2D eigenvalue weighted by Crippen LogP contribution is 2.28. The van der Waals surface area contributed by atoms with Crippen LogP contribution in [0.3, 0.4) is 0 Å². The lowest BCUT2D eigenvalue weighted by atomic mass is 9.96. The summed E-state index contributed by atoms with van der Waals surface area (Å²) in [7, 11) is 0. The van der Waals surface area contributed by atoms with Gasteiger partial charge in [0.05, 0.1) is 5.92 Å². The Labute approximate surface area is 130 Å². The maximum atomic E-state index is 11.5. The Morgan fingerprint density at radius 1 is 1.14 bits per heavy atom. The van der Waals surface area contributed by atoms with Gasteiger partial charge in [-0.2, -0.15) is 11.8 Å². The van der Waals surface area contributed by atoms with Crippen LogP contribution in [0.4, 0.5) is 0 Å². The molecule has 0 amide bonds. The fraction of sp³-hybridized carbons (Fsp3) is 0.389. The fourth-order valence-electron chi connectivity index (χ4n) is 2.30. The van der Waals surface area contributed by atoms with Crippen molar-refractivity contribution >= 4 is 28.5 Å². The summed E-state index contributed by atoms with van der Waals surface area (Å²) in [6, 6.07) is 14.3. The Kier molecular flexibility index (Phi) is 4.94. The van der Waals surface area contributed by atoms with Gasteiger partial charge in [0.25, 0.3) is 0 Å². The van der Waals surface area contributed by atoms with Crippen molar-refractivity contribution in [2.24, 2.45) is 5.92 Å². The first-order valence-corrected chi connectivity index (χ1v) is 8.19. The molecule has 0 heterocycles. The first kappa shape index (κ1) is 15.9. The largest absolute Gasteiger partial charge is 0.481 e. The van der Waals surface area contributed by atoms with E-state index in [-0.39, 0.29) is 10.7 Å². The van der Waals surface area contributed by atoms with Crippen LogP contribution in [0.2, 0.25) is 0 Å². The number of rotatable bonds is 5. The summed E-state index contributed by atoms with van der Waals surface area (Å²) in [5, 5.41) is 11.8. The zero-order valence-corrected chi connectivity index (χ0v) is 13.6. The SMILES string of the molecule is CC(C)(C)SC[C@@H](Cc1cccc2ccccc12)C(=O)O. The van der Waals surface area contributed by atoms with Crippen molar-refractivity contribution in [3.8, 4) is 0 Å². The summed E-state index contributed by atoms with van der Waals surface area (Å²) >= 11 is 1.71. The molecule has 0 saturated carbocycles. The first-order valence-electron chi connectivity index (χ1n) is 7.20. The second kappa shape index (κ2) is 6.52. The second-order valence-corrected chi connectivity index (χ2v) is 8.15. The molecule has 1 atom stereocenters. The molecule has 0 unspecified atom stereocenters. The highest BCUT2D eigenvalue weighted by atomic mass is 32.2. The van der Waals surface area contributed by atoms with Gasteiger partial charge in [-0.25, -0.2) is 0 Å². The average Bonchev–Trinajstić information content (AvgIpc) is 2.42. The monoisotopic (exact) mass is 302 g/mol. The molecule has 0 radical (unpaired) electrons. The molecule has 2 aromatic rings. The molecule has 21 heavy (non-hydrogen) atoms. The van der Waals surface area contributed by atoms with Gasteiger partial charge in [0.2, 0.25) is 0 Å². The summed E-state index contributed by atoms with van der Waals surface area (Å²) in [6.45, 7) is 6.36. The van der Waals surface area contributed by atoms with Crippen LogP contribution in [0.15, 0.2) is 42.5 Å². The van der Waals surface area contributed by atoms with Gasteiger partial charge in [-0.15, -0.1) is 0 Å². The van der Waals surface area contributed by atoms with Crippen LogP contribution in [0.5, 0.6) is 0 Å². The van der Waals surface area contributed by atoms with Gasteiger partial charge in [-0.3, -0.25) is 4.79 Å². The molecule has 0 aliphatic rings. The molecule has 0 bridgehead atoms. The van der Waals surface area contributed by atoms with Crippen molar-refractivity contribution in [2.45, 2.75) is 31.9 Å². The zero-order valence-electron chi connectivity index (χ0n) is 12.8. The predicted molar refractivity (Wildman–Crippen MR) is 91.0 cm³/mol. The van der Waals surface area contributed by atoms with Crippen molar-refractivity contribution in [1.82, 2.24) is 0 Å². The van der Waals surface area contributed by atoms with Crippen molar-refractivity contribution in [2.75, 3.05) is 5.75 Å². The number of hydrogen-bond donors (Lipinski definition) is 1. The molecule has 112 valence electrons. The van der Waals surface area contributed by atoms with Crippen LogP contribution in [0.1, 0.15) is 26.3 Å². The van der Waals surface area contributed by atoms with Gasteiger partial charge >= 0.3 is 5.97 Å². The number of carboxylic acid groups (broad SMARTS) is 1. The zero-order chi connectivity index (χ0) is 15.5. The van der Waals surface area contributed by atoms with Crippen LogP contribution in [-0.4, -0.2) is 21.6 Å². The van der Waals surface area contributed by atoms with Crippen molar-refractivity contribution in [1.29, 1.82) is 0 Å². The Bertz CT molecular complexity index is 623. The van der Waals surface area contributed by atoms with Crippen molar-refractivity contribution in [3.05, 3.63) is 48.0 Å². The summed E-state index contributed by atoms with van der Waals surface area (Å²) in [6.07, 6.45) is 0.583. The third-order valence-electron chi connectivity index (χ3n) is 3.41. The standard InChI is InChI=1S/C18H22O2S/c1-18(2,3)21-12-15(17(19)20)11-14-9-6-8-13-7-4-5-10-16(13)14/h4-10,15H,11-12H2,1-3H3,(H,19,20)/t15-/m1/s1. The lowest BCUT2D eigenvalue weighted by molar-refractivity contribution is -0.140. The summed E-state index contributed by atoms with van der Waals surface area (Å²) < 4.78 is 0.0897. The molecule has 1 N–H and O–H groups in total. The van der Waals surface area contributed by atoms with Gasteiger partial charge in [0, 0.05) is 10.5 Å². The fourth-order valence-corrected chi connectivity index (χ4v) is 3.27. The van der Waals surface area contributed by atoms with E-state index in [4.69, 9.17) is 0 Å². The Hall–Kier alpha value is -1.48. The van der Waals surface area contributed by atoms with E-state index < -0.39 is 5.97 Å². The number of thioether (sulfide) groups is 1. The van der Waals surface area contributed by atoms with E-state index in [1.54, 1.807) is 11.8 Å². The number of carboxylic acids is 1. The van der Waals surface area contributed by atoms with E-state index in [0.717, 1.165) is 10.9 Å². The molecule has 2 rings (SSSR count). The number of hydrogen-bond acceptors (Lipinski definition) is 2. The average molecular weight is 302 g/mol. The van der Waals surface area contributed by atoms with Crippen LogP contribution in [-0.2, 0) is 11.2 Å². The lowest BCUT2D eigenvalue weighted by Gasteiger charge is -2.21. The molecule has 2 aromatic carbocycles. The van der Waals surface area contributed by atoms with E-state index >= 15 is 0 Å². The molecule has 0 aliphatic heterocycles. The maximum absolute atomic E-state index is 11.5. The highest BCUT2D eigenvalue weighted by molar-refractivity contribution is 8.00. The van der Waals surface area contributed by atoms with Crippen LogP contribution < -0.4 is 0 Å². The molecular formula is C18H22O2S. The van der Waals surface area contributed by atoms with Gasteiger partial charge in [0.1, 0.15) is 0 Å². The van der Waals surface area contributed by atoms with Gasteiger partial charge in [-0.1, -0.05) is 63.2 Å². The Morgan fingerprint density at radius 2 is 1.81 bits per heavy atom. The minimum absolute atomic E-state index is 0.0897. The minimum atomic E-state index is -0.709. The molecule has 0 aliphatic carbocycles. The van der Waals surface area contributed by atoms with Crippen molar-refractivity contribution in [3.63, 3.8) is 0 Å². The third-order valence-corrected chi connectivity index (χ3v) is 4.85. The molecule has 0 saturated heterocycles. The number of aliphatic carboxylic acids is 1. The van der Waals surface area contributed by atoms with Crippen molar-refractivity contribution < 1.29 is 9.90 Å². The smallest absolute Gasteiger partial charge is 0.307 e. The number of carbonyl (C=O) groups is 1. The first-order chi connectivity index (χ1) is 9.87. The molecule has 0 aromatic heterocycles. The van der Waals surface area contributed by atoms with E-state index in [1.807, 2.05) is 24.3 Å². The molecule has 3 heteroatoms. The van der Waals surface area contributed by atoms with Crippen LogP contribution in [0, 0.1) is 5.92 Å². The molecule has 0 fully saturated rings. The molecule has 0 spiro atoms. The molecular weight excluding hydrogens is 280 g/mol. The lowest BCUT2D eigenvalue weighted by Crippen LogP contribution is -2.22. The second-order valence-electron chi connectivity index (χ2n) is 6.30. The Morgan fingerprint density at radius 3 is 2.48 bits per heavy atom. The quantitative estimate of drug-likeness (QED) is 0.876. The predicted octanol–water partition coefficient (Wildman–Crippen LogP) is 4.61. The van der Waals surface area contributed by atoms with E-state index in [2.05, 4.69) is 39.0 Å². The van der Waals surface area contributed by atoms with E-state index in [0.29, 0.717) is 12.2 Å². The molecule has 2 nitrogen and oxygen atoms in total. The minimum Gasteiger partial charge on any atom is -0.481 e. The summed E-state index contributed by atoms with van der Waals surface area (Å²) in [5.41, 5.74) is 1.12. The van der Waals surface area contributed by atoms with Crippen LogP contribution in [0.25, 0.3) is 10.8 Å². The van der Waals surface area contributed by atoms with Gasteiger partial charge in [0.15, 0.2) is 0 Å². The van der Waals surface area contributed by atoms with Gasteiger partial charge < -0.3 is 5.11 Å². The summed E-state index contributed by atoms with van der Waals surface area (Å²) in [4.78, 5) is 11.5. The van der Waals surface area contributed by atoms with Gasteiger partial charge in [-0.05, 0) is 22.8 Å². The number of benzene rings is 2. The van der Waals surface area contributed by atoms with Crippen LogP contribution >= 0.6 is 11.8 Å². The number of fused-ring (bicyclic) bond motifs is 1. The third kappa shape index (κ3) is 4.50. The maximum Gasteiger partial charge on any atom is 0.307 e. The Balaban J connectivity index is 2.21. The van der Waals surface area contributed by atoms with E-state index in [1.165, 1.54) is 5.39 Å². The highest BCUT2D eigenvalue weighted by Gasteiger charge is 2.22. The topological polar surface area (TPSA) is 37.3 Å². The normalized spacial score (nSPS) is 13.3. The summed E-state index contributed by atoms with van der Waals surface area (Å²) in [5.74, 6) is -0.415. The van der Waals surface area contributed by atoms with E-state index in [9.17, 15) is 9.90 Å².